The van der Waals surface area contributed by atoms with E-state index in [1.165, 1.54) is 12.1 Å². The third-order valence-corrected chi connectivity index (χ3v) is 2.86. The van der Waals surface area contributed by atoms with Crippen LogP contribution in [0, 0.1) is 11.6 Å². The van der Waals surface area contributed by atoms with Crippen LogP contribution in [0.4, 0.5) is 8.78 Å². The third-order valence-electron chi connectivity index (χ3n) is 2.40. The SMILES string of the molecule is CNC(C)(C)Cc1c(F)cc(Br)cc1F. The van der Waals surface area contributed by atoms with E-state index in [1.54, 1.807) is 7.05 Å². The molecule has 0 radical (unpaired) electrons. The minimum Gasteiger partial charge on any atom is -0.314 e. The largest absolute Gasteiger partial charge is 0.314 e. The maximum absolute atomic E-state index is 13.5. The van der Waals surface area contributed by atoms with Gasteiger partial charge in [-0.2, -0.15) is 0 Å². The van der Waals surface area contributed by atoms with Gasteiger partial charge in [-0.05, 0) is 39.4 Å². The first kappa shape index (κ1) is 12.6. The minimum atomic E-state index is -0.509. The van der Waals surface area contributed by atoms with Crippen LogP contribution >= 0.6 is 15.9 Å². The second-order valence-electron chi connectivity index (χ2n) is 4.16. The van der Waals surface area contributed by atoms with Crippen molar-refractivity contribution in [3.63, 3.8) is 0 Å². The molecule has 1 aromatic rings. The van der Waals surface area contributed by atoms with Crippen molar-refractivity contribution in [1.29, 1.82) is 0 Å². The van der Waals surface area contributed by atoms with E-state index in [9.17, 15) is 8.78 Å². The molecule has 0 unspecified atom stereocenters. The third kappa shape index (κ3) is 3.24. The first-order chi connectivity index (χ1) is 6.85. The van der Waals surface area contributed by atoms with Crippen LogP contribution in [0.5, 0.6) is 0 Å². The average Bonchev–Trinajstić information content (AvgIpc) is 2.11. The Hall–Kier alpha value is -0.480. The van der Waals surface area contributed by atoms with Crippen LogP contribution in [0.3, 0.4) is 0 Å². The zero-order valence-electron chi connectivity index (χ0n) is 9.00. The van der Waals surface area contributed by atoms with E-state index in [2.05, 4.69) is 21.2 Å². The second-order valence-corrected chi connectivity index (χ2v) is 5.07. The van der Waals surface area contributed by atoms with Crippen LogP contribution in [0.1, 0.15) is 19.4 Å². The topological polar surface area (TPSA) is 12.0 Å². The number of rotatable bonds is 3. The molecule has 0 atom stereocenters. The van der Waals surface area contributed by atoms with Gasteiger partial charge in [0.05, 0.1) is 0 Å². The lowest BCUT2D eigenvalue weighted by molar-refractivity contribution is 0.403. The van der Waals surface area contributed by atoms with Crippen LogP contribution in [0.2, 0.25) is 0 Å². The minimum absolute atomic E-state index is 0.123. The van der Waals surface area contributed by atoms with Gasteiger partial charge in [0.25, 0.3) is 0 Å². The van der Waals surface area contributed by atoms with Gasteiger partial charge in [0.1, 0.15) is 11.6 Å². The maximum Gasteiger partial charge on any atom is 0.130 e. The fourth-order valence-corrected chi connectivity index (χ4v) is 1.67. The first-order valence-corrected chi connectivity index (χ1v) is 5.47. The molecule has 1 aromatic carbocycles. The molecule has 15 heavy (non-hydrogen) atoms. The number of benzene rings is 1. The van der Waals surface area contributed by atoms with E-state index in [0.29, 0.717) is 10.9 Å². The van der Waals surface area contributed by atoms with Crippen LogP contribution in [-0.4, -0.2) is 12.6 Å². The van der Waals surface area contributed by atoms with E-state index >= 15 is 0 Å². The highest BCUT2D eigenvalue weighted by molar-refractivity contribution is 9.10. The van der Waals surface area contributed by atoms with Gasteiger partial charge in [-0.3, -0.25) is 0 Å². The summed E-state index contributed by atoms with van der Waals surface area (Å²) in [5.74, 6) is -1.02. The molecule has 0 heterocycles. The normalized spacial score (nSPS) is 11.9. The molecule has 84 valence electrons. The molecule has 0 saturated heterocycles. The second kappa shape index (κ2) is 4.58. The van der Waals surface area contributed by atoms with Crippen molar-refractivity contribution < 1.29 is 8.78 Å². The Morgan fingerprint density at radius 2 is 1.73 bits per heavy atom. The molecule has 0 bridgehead atoms. The molecule has 0 fully saturated rings. The molecule has 1 nitrogen and oxygen atoms in total. The Morgan fingerprint density at radius 1 is 1.27 bits per heavy atom. The molecule has 1 rings (SSSR count). The lowest BCUT2D eigenvalue weighted by atomic mass is 9.94. The van der Waals surface area contributed by atoms with Crippen LogP contribution in [0.25, 0.3) is 0 Å². The molecule has 0 aromatic heterocycles. The fourth-order valence-electron chi connectivity index (χ4n) is 1.27. The molecule has 0 aliphatic heterocycles. The quantitative estimate of drug-likeness (QED) is 0.894. The molecule has 4 heteroatoms. The summed E-state index contributed by atoms with van der Waals surface area (Å²) < 4.78 is 27.4. The summed E-state index contributed by atoms with van der Waals surface area (Å²) in [5, 5.41) is 3.01. The van der Waals surface area contributed by atoms with E-state index in [-0.39, 0.29) is 11.1 Å². The fraction of sp³-hybridized carbons (Fsp3) is 0.455. The average molecular weight is 278 g/mol. The van der Waals surface area contributed by atoms with Crippen LogP contribution in [-0.2, 0) is 6.42 Å². The van der Waals surface area contributed by atoms with Gasteiger partial charge in [-0.1, -0.05) is 15.9 Å². The number of likely N-dealkylation sites (N-methyl/N-ethyl adjacent to an activating group) is 1. The number of halogens is 3. The van der Waals surface area contributed by atoms with Crippen LogP contribution < -0.4 is 5.32 Å². The van der Waals surface area contributed by atoms with Crippen molar-refractivity contribution in [2.75, 3.05) is 7.05 Å². The van der Waals surface area contributed by atoms with Crippen molar-refractivity contribution in [2.24, 2.45) is 0 Å². The van der Waals surface area contributed by atoms with Gasteiger partial charge >= 0.3 is 0 Å². The Balaban J connectivity index is 3.05. The lowest BCUT2D eigenvalue weighted by Crippen LogP contribution is -2.38. The number of nitrogens with one attached hydrogen (secondary N) is 1. The van der Waals surface area contributed by atoms with E-state index in [0.717, 1.165) is 0 Å². The Labute approximate surface area is 97.0 Å². The first-order valence-electron chi connectivity index (χ1n) is 4.68. The monoisotopic (exact) mass is 277 g/mol. The van der Waals surface area contributed by atoms with Crippen molar-refractivity contribution in [1.82, 2.24) is 5.32 Å². The highest BCUT2D eigenvalue weighted by Crippen LogP contribution is 2.23. The number of hydrogen-bond acceptors (Lipinski definition) is 1. The maximum atomic E-state index is 13.5. The van der Waals surface area contributed by atoms with Crippen molar-refractivity contribution in [3.05, 3.63) is 33.8 Å². The Bertz CT molecular complexity index is 341. The Kier molecular flexibility index (Phi) is 3.84. The summed E-state index contributed by atoms with van der Waals surface area (Å²) in [6.45, 7) is 3.79. The predicted octanol–water partition coefficient (Wildman–Crippen LogP) is 3.27. The molecular formula is C11H14BrF2N. The lowest BCUT2D eigenvalue weighted by Gasteiger charge is -2.24. The predicted molar refractivity (Wildman–Crippen MR) is 60.9 cm³/mol. The van der Waals surface area contributed by atoms with Gasteiger partial charge < -0.3 is 5.32 Å². The number of hydrogen-bond donors (Lipinski definition) is 1. The Morgan fingerprint density at radius 3 is 2.13 bits per heavy atom. The van der Waals surface area contributed by atoms with E-state index < -0.39 is 11.6 Å². The van der Waals surface area contributed by atoms with E-state index in [1.807, 2.05) is 13.8 Å². The smallest absolute Gasteiger partial charge is 0.130 e. The molecular weight excluding hydrogens is 264 g/mol. The van der Waals surface area contributed by atoms with Crippen molar-refractivity contribution in [2.45, 2.75) is 25.8 Å². The van der Waals surface area contributed by atoms with Crippen molar-refractivity contribution in [3.8, 4) is 0 Å². The van der Waals surface area contributed by atoms with Gasteiger partial charge in [0.15, 0.2) is 0 Å². The molecule has 0 spiro atoms. The van der Waals surface area contributed by atoms with Gasteiger partial charge in [0, 0.05) is 15.6 Å². The standard InChI is InChI=1S/C11H14BrF2N/c1-11(2,15-3)6-8-9(13)4-7(12)5-10(8)14/h4-5,15H,6H2,1-3H3. The van der Waals surface area contributed by atoms with Gasteiger partial charge in [-0.15, -0.1) is 0 Å². The molecule has 0 amide bonds. The van der Waals surface area contributed by atoms with Crippen LogP contribution in [0.15, 0.2) is 16.6 Å². The highest BCUT2D eigenvalue weighted by atomic mass is 79.9. The highest BCUT2D eigenvalue weighted by Gasteiger charge is 2.20. The zero-order chi connectivity index (χ0) is 11.6. The summed E-state index contributed by atoms with van der Waals surface area (Å²) in [4.78, 5) is 0. The van der Waals surface area contributed by atoms with E-state index in [4.69, 9.17) is 0 Å². The van der Waals surface area contributed by atoms with Gasteiger partial charge in [-0.25, -0.2) is 8.78 Å². The zero-order valence-corrected chi connectivity index (χ0v) is 10.6. The molecule has 0 aliphatic rings. The van der Waals surface area contributed by atoms with Crippen molar-refractivity contribution >= 4 is 15.9 Å². The summed E-state index contributed by atoms with van der Waals surface area (Å²) in [6, 6.07) is 2.56. The summed E-state index contributed by atoms with van der Waals surface area (Å²) in [6.07, 6.45) is 0.314. The van der Waals surface area contributed by atoms with Gasteiger partial charge in [0.2, 0.25) is 0 Å². The summed E-state index contributed by atoms with van der Waals surface area (Å²) in [7, 11) is 1.77. The summed E-state index contributed by atoms with van der Waals surface area (Å²) >= 11 is 3.05. The summed E-state index contributed by atoms with van der Waals surface area (Å²) in [5.41, 5.74) is -0.201. The molecule has 0 saturated carbocycles. The molecule has 0 aliphatic carbocycles. The molecule has 1 N–H and O–H groups in total.